The first kappa shape index (κ1) is 23.7. The number of benzene rings is 1. The van der Waals surface area contributed by atoms with Crippen LogP contribution in [0.5, 0.6) is 0 Å². The number of fused-ring (bicyclic) bond motifs is 3. The zero-order valence-corrected chi connectivity index (χ0v) is 20.8. The lowest BCUT2D eigenvalue weighted by molar-refractivity contribution is -0.125. The largest absolute Gasteiger partial charge is 0.378 e. The zero-order valence-electron chi connectivity index (χ0n) is 20.8. The first-order chi connectivity index (χ1) is 15.9. The SMILES string of the molecule is CCC(CC)C(=O)NC[C@H]1C[C@@H]2CCN1C[C@@H]2c1cc(-c2ccc(N(C)C)cc2)nc(C)n1. The van der Waals surface area contributed by atoms with E-state index in [0.29, 0.717) is 17.9 Å². The maximum atomic E-state index is 12.5. The molecule has 4 atom stereocenters. The number of carbonyl (C=O) groups is 1. The molecule has 1 amide bonds. The van der Waals surface area contributed by atoms with Crippen LogP contribution in [0.4, 0.5) is 5.69 Å². The minimum atomic E-state index is 0.141. The summed E-state index contributed by atoms with van der Waals surface area (Å²) in [7, 11) is 4.11. The van der Waals surface area contributed by atoms with Gasteiger partial charge in [-0.1, -0.05) is 26.0 Å². The molecule has 3 aliphatic rings. The van der Waals surface area contributed by atoms with Crippen LogP contribution in [0, 0.1) is 18.8 Å². The summed E-state index contributed by atoms with van der Waals surface area (Å²) in [5, 5.41) is 3.24. The summed E-state index contributed by atoms with van der Waals surface area (Å²) in [5.41, 5.74) is 4.50. The van der Waals surface area contributed by atoms with Crippen LogP contribution in [-0.2, 0) is 4.79 Å². The highest BCUT2D eigenvalue weighted by atomic mass is 16.1. The summed E-state index contributed by atoms with van der Waals surface area (Å²) in [6.45, 7) is 9.10. The van der Waals surface area contributed by atoms with Gasteiger partial charge in [0.1, 0.15) is 5.82 Å². The van der Waals surface area contributed by atoms with Crippen molar-refractivity contribution in [2.24, 2.45) is 11.8 Å². The molecule has 3 aliphatic heterocycles. The monoisotopic (exact) mass is 449 g/mol. The van der Waals surface area contributed by atoms with E-state index in [0.717, 1.165) is 56.0 Å². The fourth-order valence-electron chi connectivity index (χ4n) is 5.57. The summed E-state index contributed by atoms with van der Waals surface area (Å²) in [4.78, 5) is 26.8. The molecule has 0 aliphatic carbocycles. The molecule has 5 rings (SSSR count). The Labute approximate surface area is 198 Å². The average Bonchev–Trinajstić information content (AvgIpc) is 2.83. The van der Waals surface area contributed by atoms with Gasteiger partial charge < -0.3 is 10.2 Å². The van der Waals surface area contributed by atoms with Crippen molar-refractivity contribution in [1.82, 2.24) is 20.2 Å². The van der Waals surface area contributed by atoms with E-state index in [4.69, 9.17) is 9.97 Å². The summed E-state index contributed by atoms with van der Waals surface area (Å²) in [6, 6.07) is 11.2. The second-order valence-electron chi connectivity index (χ2n) is 9.96. The molecule has 2 bridgehead atoms. The van der Waals surface area contributed by atoms with E-state index in [9.17, 15) is 4.79 Å². The van der Waals surface area contributed by atoms with Gasteiger partial charge in [0.15, 0.2) is 0 Å². The summed E-state index contributed by atoms with van der Waals surface area (Å²) >= 11 is 0. The molecule has 1 N–H and O–H groups in total. The fraction of sp³-hybridized carbons (Fsp3) is 0.593. The Kier molecular flexibility index (Phi) is 7.32. The first-order valence-corrected chi connectivity index (χ1v) is 12.5. The lowest BCUT2D eigenvalue weighted by Crippen LogP contribution is -2.56. The Morgan fingerprint density at radius 1 is 1.18 bits per heavy atom. The Morgan fingerprint density at radius 2 is 1.91 bits per heavy atom. The number of amides is 1. The molecule has 4 heterocycles. The molecule has 6 heteroatoms. The highest BCUT2D eigenvalue weighted by molar-refractivity contribution is 5.78. The van der Waals surface area contributed by atoms with E-state index in [1.54, 1.807) is 0 Å². The number of aryl methyl sites for hydroxylation is 1. The molecule has 0 saturated carbocycles. The summed E-state index contributed by atoms with van der Waals surface area (Å²) in [5.74, 6) is 2.25. The molecular weight excluding hydrogens is 410 g/mol. The van der Waals surface area contributed by atoms with Crippen LogP contribution in [0.3, 0.4) is 0 Å². The molecule has 2 aromatic rings. The molecule has 178 valence electrons. The maximum absolute atomic E-state index is 12.5. The standard InChI is InChI=1S/C27H39N5O/c1-6-19(7-2)27(33)28-16-23-14-21-12-13-32(23)17-24(21)26-15-25(29-18(3)30-26)20-8-10-22(11-9-20)31(4)5/h8-11,15,19,21,23-24H,6-7,12-14,16-17H2,1-5H3,(H,28,33)/t21-,23+,24-/m0/s1. The van der Waals surface area contributed by atoms with Gasteiger partial charge in [-0.25, -0.2) is 9.97 Å². The highest BCUT2D eigenvalue weighted by Gasteiger charge is 2.41. The van der Waals surface area contributed by atoms with Gasteiger partial charge in [-0.3, -0.25) is 9.69 Å². The topological polar surface area (TPSA) is 61.4 Å². The van der Waals surface area contributed by atoms with Crippen molar-refractivity contribution >= 4 is 11.6 Å². The van der Waals surface area contributed by atoms with Crippen LogP contribution in [0.25, 0.3) is 11.3 Å². The van der Waals surface area contributed by atoms with Gasteiger partial charge >= 0.3 is 0 Å². The van der Waals surface area contributed by atoms with E-state index in [1.165, 1.54) is 17.8 Å². The summed E-state index contributed by atoms with van der Waals surface area (Å²) in [6.07, 6.45) is 4.16. The third-order valence-corrected chi connectivity index (χ3v) is 7.66. The third-order valence-electron chi connectivity index (χ3n) is 7.66. The number of aromatic nitrogens is 2. The predicted octanol–water partition coefficient (Wildman–Crippen LogP) is 4.25. The normalized spacial score (nSPS) is 24.2. The molecule has 0 spiro atoms. The number of piperidine rings is 3. The highest BCUT2D eigenvalue weighted by Crippen LogP contribution is 2.41. The smallest absolute Gasteiger partial charge is 0.223 e. The molecular formula is C27H39N5O. The predicted molar refractivity (Wildman–Crippen MR) is 134 cm³/mol. The number of anilines is 1. The van der Waals surface area contributed by atoms with Crippen molar-refractivity contribution in [2.75, 3.05) is 38.6 Å². The van der Waals surface area contributed by atoms with E-state index in [1.807, 2.05) is 6.92 Å². The number of nitrogens with one attached hydrogen (secondary N) is 1. The Balaban J connectivity index is 1.46. The zero-order chi connectivity index (χ0) is 23.5. The molecule has 1 aromatic heterocycles. The van der Waals surface area contributed by atoms with E-state index < -0.39 is 0 Å². The first-order valence-electron chi connectivity index (χ1n) is 12.5. The second kappa shape index (κ2) is 10.2. The number of nitrogens with zero attached hydrogens (tertiary/aromatic N) is 4. The van der Waals surface area contributed by atoms with Gasteiger partial charge in [0, 0.05) is 62.0 Å². The molecule has 33 heavy (non-hydrogen) atoms. The van der Waals surface area contributed by atoms with Crippen molar-refractivity contribution in [3.63, 3.8) is 0 Å². The summed E-state index contributed by atoms with van der Waals surface area (Å²) < 4.78 is 0. The average molecular weight is 450 g/mol. The Morgan fingerprint density at radius 3 is 2.52 bits per heavy atom. The Hall–Kier alpha value is -2.47. The van der Waals surface area contributed by atoms with Crippen LogP contribution in [-0.4, -0.2) is 60.5 Å². The van der Waals surface area contributed by atoms with Crippen molar-refractivity contribution in [1.29, 1.82) is 0 Å². The third kappa shape index (κ3) is 5.21. The van der Waals surface area contributed by atoms with Crippen LogP contribution in [0.2, 0.25) is 0 Å². The van der Waals surface area contributed by atoms with Crippen molar-refractivity contribution in [2.45, 2.75) is 58.4 Å². The van der Waals surface area contributed by atoms with Crippen LogP contribution < -0.4 is 10.2 Å². The fourth-order valence-corrected chi connectivity index (χ4v) is 5.57. The maximum Gasteiger partial charge on any atom is 0.223 e. The van der Waals surface area contributed by atoms with Gasteiger partial charge in [0.2, 0.25) is 5.91 Å². The van der Waals surface area contributed by atoms with Crippen molar-refractivity contribution in [3.8, 4) is 11.3 Å². The minimum absolute atomic E-state index is 0.141. The van der Waals surface area contributed by atoms with Crippen molar-refractivity contribution in [3.05, 3.63) is 41.9 Å². The van der Waals surface area contributed by atoms with E-state index in [-0.39, 0.29) is 11.8 Å². The van der Waals surface area contributed by atoms with E-state index >= 15 is 0 Å². The number of hydrogen-bond acceptors (Lipinski definition) is 5. The molecule has 0 radical (unpaired) electrons. The van der Waals surface area contributed by atoms with Crippen molar-refractivity contribution < 1.29 is 4.79 Å². The lowest BCUT2D eigenvalue weighted by Gasteiger charge is -2.49. The minimum Gasteiger partial charge on any atom is -0.378 e. The van der Waals surface area contributed by atoms with Gasteiger partial charge in [-0.15, -0.1) is 0 Å². The van der Waals surface area contributed by atoms with Gasteiger partial charge in [-0.2, -0.15) is 0 Å². The van der Waals surface area contributed by atoms with Gasteiger partial charge in [-0.05, 0) is 63.3 Å². The number of carbonyl (C=O) groups excluding carboxylic acids is 1. The molecule has 1 aromatic carbocycles. The molecule has 1 unspecified atom stereocenters. The van der Waals surface area contributed by atoms with E-state index in [2.05, 4.69) is 73.4 Å². The number of hydrogen-bond donors (Lipinski definition) is 1. The quantitative estimate of drug-likeness (QED) is 0.653. The number of rotatable bonds is 8. The van der Waals surface area contributed by atoms with Gasteiger partial charge in [0.25, 0.3) is 0 Å². The Bertz CT molecular complexity index is 953. The molecule has 3 saturated heterocycles. The van der Waals surface area contributed by atoms with Gasteiger partial charge in [0.05, 0.1) is 5.69 Å². The molecule has 6 nitrogen and oxygen atoms in total. The van der Waals surface area contributed by atoms with Crippen LogP contribution in [0.1, 0.15) is 57.0 Å². The van der Waals surface area contributed by atoms with Crippen LogP contribution in [0.15, 0.2) is 30.3 Å². The second-order valence-corrected chi connectivity index (χ2v) is 9.96. The molecule has 3 fully saturated rings. The van der Waals surface area contributed by atoms with Crippen LogP contribution >= 0.6 is 0 Å². The lowest BCUT2D eigenvalue weighted by atomic mass is 9.74.